The lowest BCUT2D eigenvalue weighted by atomic mass is 10.1. The summed E-state index contributed by atoms with van der Waals surface area (Å²) in [5, 5.41) is 14.6. The molecule has 0 fully saturated rings. The third kappa shape index (κ3) is 6.02. The number of nitrogens with zero attached hydrogens (tertiary/aromatic N) is 2. The van der Waals surface area contributed by atoms with E-state index in [0.717, 1.165) is 18.2 Å². The number of carbonyl (C=O) groups excluding carboxylic acids is 1. The largest absolute Gasteiger partial charge is 0.416 e. The van der Waals surface area contributed by atoms with Gasteiger partial charge in [0.1, 0.15) is 11.9 Å². The first-order valence-electron chi connectivity index (χ1n) is 9.78. The van der Waals surface area contributed by atoms with Crippen molar-refractivity contribution in [2.24, 2.45) is 0 Å². The molecule has 3 rings (SSSR count). The topological polar surface area (TPSA) is 124 Å². The summed E-state index contributed by atoms with van der Waals surface area (Å²) in [4.78, 5) is 16.1. The van der Waals surface area contributed by atoms with E-state index in [9.17, 15) is 26.4 Å². The highest BCUT2D eigenvalue weighted by molar-refractivity contribution is 7.92. The number of hydrogen-bond acceptors (Lipinski definition) is 6. The zero-order valence-electron chi connectivity index (χ0n) is 17.4. The number of nitrogens with one attached hydrogen (secondary N) is 3. The minimum Gasteiger partial charge on any atom is -0.367 e. The lowest BCUT2D eigenvalue weighted by molar-refractivity contribution is -0.137. The van der Waals surface area contributed by atoms with E-state index in [2.05, 4.69) is 20.3 Å². The van der Waals surface area contributed by atoms with Crippen molar-refractivity contribution in [1.29, 1.82) is 5.26 Å². The van der Waals surface area contributed by atoms with Crippen molar-refractivity contribution in [3.63, 3.8) is 0 Å². The predicted octanol–water partition coefficient (Wildman–Crippen LogP) is 3.61. The van der Waals surface area contributed by atoms with Crippen molar-refractivity contribution in [3.05, 3.63) is 83.6 Å². The van der Waals surface area contributed by atoms with Gasteiger partial charge in [0.15, 0.2) is 0 Å². The van der Waals surface area contributed by atoms with Gasteiger partial charge in [0.2, 0.25) is 0 Å². The van der Waals surface area contributed by atoms with Crippen LogP contribution in [0.4, 0.5) is 24.7 Å². The molecule has 0 radical (unpaired) electrons. The number of hydrogen-bond donors (Lipinski definition) is 3. The molecule has 0 unspecified atom stereocenters. The average Bonchev–Trinajstić information content (AvgIpc) is 2.81. The molecule has 0 bridgehead atoms. The van der Waals surface area contributed by atoms with Crippen LogP contribution in [-0.2, 0) is 16.2 Å². The van der Waals surface area contributed by atoms with Crippen LogP contribution in [-0.4, -0.2) is 32.4 Å². The van der Waals surface area contributed by atoms with Crippen LogP contribution in [0.1, 0.15) is 21.5 Å². The second kappa shape index (κ2) is 10.2. The SMILES string of the molecule is N#Cc1cccnc1NCCNC(=O)c1ccccc1NS(=O)(=O)c1cccc(C(F)(F)F)c1. The summed E-state index contributed by atoms with van der Waals surface area (Å²) in [5.41, 5.74) is -0.889. The van der Waals surface area contributed by atoms with E-state index in [4.69, 9.17) is 5.26 Å². The number of halogens is 3. The number of amides is 1. The monoisotopic (exact) mass is 489 g/mol. The van der Waals surface area contributed by atoms with E-state index < -0.39 is 32.6 Å². The summed E-state index contributed by atoms with van der Waals surface area (Å²) in [7, 11) is -4.40. The van der Waals surface area contributed by atoms with Crippen molar-refractivity contribution >= 4 is 27.4 Å². The summed E-state index contributed by atoms with van der Waals surface area (Å²) in [5.74, 6) is -0.251. The van der Waals surface area contributed by atoms with Gasteiger partial charge in [0.25, 0.3) is 15.9 Å². The van der Waals surface area contributed by atoms with Crippen LogP contribution in [0.2, 0.25) is 0 Å². The van der Waals surface area contributed by atoms with Gasteiger partial charge in [-0.25, -0.2) is 13.4 Å². The predicted molar refractivity (Wildman–Crippen MR) is 118 cm³/mol. The Hall–Kier alpha value is -4.11. The maximum absolute atomic E-state index is 13.0. The summed E-state index contributed by atoms with van der Waals surface area (Å²) in [6, 6.07) is 14.2. The second-order valence-electron chi connectivity index (χ2n) is 6.87. The molecule has 34 heavy (non-hydrogen) atoms. The zero-order valence-corrected chi connectivity index (χ0v) is 18.2. The van der Waals surface area contributed by atoms with Crippen LogP contribution in [0.25, 0.3) is 0 Å². The van der Waals surface area contributed by atoms with Gasteiger partial charge in [-0.3, -0.25) is 9.52 Å². The number of benzene rings is 2. The molecule has 8 nitrogen and oxygen atoms in total. The number of nitriles is 1. The molecule has 0 aliphatic carbocycles. The molecular formula is C22H18F3N5O3S. The third-order valence-corrected chi connectivity index (χ3v) is 5.88. The minimum absolute atomic E-state index is 0.0198. The summed E-state index contributed by atoms with van der Waals surface area (Å²) in [6.45, 7) is 0.352. The van der Waals surface area contributed by atoms with Crippen molar-refractivity contribution in [3.8, 4) is 6.07 Å². The Labute approximate surface area is 193 Å². The van der Waals surface area contributed by atoms with Crippen molar-refractivity contribution in [2.45, 2.75) is 11.1 Å². The summed E-state index contributed by atoms with van der Waals surface area (Å²) in [6.07, 6.45) is -3.20. The molecule has 1 heterocycles. The van der Waals surface area contributed by atoms with Crippen molar-refractivity contribution < 1.29 is 26.4 Å². The van der Waals surface area contributed by atoms with E-state index in [1.54, 1.807) is 12.1 Å². The van der Waals surface area contributed by atoms with E-state index in [1.807, 2.05) is 6.07 Å². The van der Waals surface area contributed by atoms with E-state index in [1.165, 1.54) is 30.5 Å². The number of carbonyl (C=O) groups is 1. The van der Waals surface area contributed by atoms with Crippen molar-refractivity contribution in [2.75, 3.05) is 23.1 Å². The van der Waals surface area contributed by atoms with Crippen LogP contribution < -0.4 is 15.4 Å². The smallest absolute Gasteiger partial charge is 0.367 e. The molecule has 0 aliphatic rings. The molecule has 0 aliphatic heterocycles. The fourth-order valence-electron chi connectivity index (χ4n) is 2.90. The zero-order chi connectivity index (χ0) is 24.8. The molecule has 0 saturated carbocycles. The molecule has 3 N–H and O–H groups in total. The molecule has 12 heteroatoms. The molecule has 2 aromatic carbocycles. The Morgan fingerprint density at radius 3 is 2.53 bits per heavy atom. The molecule has 0 saturated heterocycles. The molecule has 176 valence electrons. The van der Waals surface area contributed by atoms with E-state index in [0.29, 0.717) is 17.4 Å². The van der Waals surface area contributed by atoms with Crippen LogP contribution in [0.3, 0.4) is 0 Å². The first-order valence-corrected chi connectivity index (χ1v) is 11.3. The number of pyridine rings is 1. The maximum Gasteiger partial charge on any atom is 0.416 e. The van der Waals surface area contributed by atoms with Crippen molar-refractivity contribution in [1.82, 2.24) is 10.3 Å². The Kier molecular flexibility index (Phi) is 7.37. The van der Waals surface area contributed by atoms with Gasteiger partial charge in [0.05, 0.1) is 27.3 Å². The fourth-order valence-corrected chi connectivity index (χ4v) is 4.03. The minimum atomic E-state index is -4.71. The van der Waals surface area contributed by atoms with E-state index in [-0.39, 0.29) is 24.3 Å². The Bertz CT molecular complexity index is 1340. The van der Waals surface area contributed by atoms with Gasteiger partial charge in [-0.1, -0.05) is 18.2 Å². The fraction of sp³-hybridized carbons (Fsp3) is 0.136. The number of para-hydroxylation sites is 1. The lowest BCUT2D eigenvalue weighted by Crippen LogP contribution is -2.30. The highest BCUT2D eigenvalue weighted by Crippen LogP contribution is 2.31. The van der Waals surface area contributed by atoms with Gasteiger partial charge in [0, 0.05) is 19.3 Å². The first kappa shape index (κ1) is 24.5. The van der Waals surface area contributed by atoms with Crippen LogP contribution in [0.15, 0.2) is 71.8 Å². The Balaban J connectivity index is 1.69. The van der Waals surface area contributed by atoms with Gasteiger partial charge < -0.3 is 10.6 Å². The van der Waals surface area contributed by atoms with Crippen LogP contribution >= 0.6 is 0 Å². The molecule has 1 aromatic heterocycles. The second-order valence-corrected chi connectivity index (χ2v) is 8.55. The number of aromatic nitrogens is 1. The van der Waals surface area contributed by atoms with Gasteiger partial charge in [-0.05, 0) is 42.5 Å². The standard InChI is InChI=1S/C22H18F3N5O3S/c23-22(24,25)16-6-3-7-17(13-16)34(32,33)30-19-9-2-1-8-18(19)21(31)29-12-11-28-20-15(14-26)5-4-10-27-20/h1-10,13,30H,11-12H2,(H,27,28)(H,29,31). The molecule has 0 atom stereocenters. The van der Waals surface area contributed by atoms with Gasteiger partial charge >= 0.3 is 6.18 Å². The van der Waals surface area contributed by atoms with Crippen LogP contribution in [0, 0.1) is 11.3 Å². The maximum atomic E-state index is 13.0. The third-order valence-electron chi connectivity index (χ3n) is 4.52. The summed E-state index contributed by atoms with van der Waals surface area (Å²) >= 11 is 0. The number of anilines is 2. The highest BCUT2D eigenvalue weighted by atomic mass is 32.2. The Morgan fingerprint density at radius 2 is 1.79 bits per heavy atom. The number of rotatable bonds is 8. The quantitative estimate of drug-likeness (QED) is 0.415. The highest BCUT2D eigenvalue weighted by Gasteiger charge is 2.31. The molecule has 1 amide bonds. The summed E-state index contributed by atoms with van der Waals surface area (Å²) < 4.78 is 66.4. The molecular weight excluding hydrogens is 471 g/mol. The van der Waals surface area contributed by atoms with E-state index >= 15 is 0 Å². The molecule has 3 aromatic rings. The number of sulfonamides is 1. The first-order chi connectivity index (χ1) is 16.1. The normalized spacial score (nSPS) is 11.4. The van der Waals surface area contributed by atoms with Gasteiger partial charge in [-0.2, -0.15) is 18.4 Å². The molecule has 0 spiro atoms. The van der Waals surface area contributed by atoms with Gasteiger partial charge in [-0.15, -0.1) is 0 Å². The van der Waals surface area contributed by atoms with Crippen LogP contribution in [0.5, 0.6) is 0 Å². The lowest BCUT2D eigenvalue weighted by Gasteiger charge is -2.14. The average molecular weight is 489 g/mol. The Morgan fingerprint density at radius 1 is 1.03 bits per heavy atom. The number of alkyl halides is 3.